The Balaban J connectivity index is 0.000000810. The van der Waals surface area contributed by atoms with Gasteiger partial charge in [-0.05, 0) is 18.6 Å². The van der Waals surface area contributed by atoms with Gasteiger partial charge in [-0.2, -0.15) is 0 Å². The van der Waals surface area contributed by atoms with Gasteiger partial charge in [-0.3, -0.25) is 4.90 Å². The number of quaternary nitrogens is 1. The van der Waals surface area contributed by atoms with Gasteiger partial charge in [-0.25, -0.2) is 0 Å². The van der Waals surface area contributed by atoms with Crippen molar-refractivity contribution in [2.24, 2.45) is 0 Å². The van der Waals surface area contributed by atoms with Crippen molar-refractivity contribution in [2.45, 2.75) is 20.3 Å². The van der Waals surface area contributed by atoms with E-state index in [9.17, 15) is 0 Å². The summed E-state index contributed by atoms with van der Waals surface area (Å²) in [5.74, 6) is 0. The molecular formula is C8H14ClN. The van der Waals surface area contributed by atoms with Crippen LogP contribution >= 0.6 is 0 Å². The zero-order valence-corrected chi connectivity index (χ0v) is 7.28. The summed E-state index contributed by atoms with van der Waals surface area (Å²) < 4.78 is 0. The Morgan fingerprint density at radius 3 is 2.60 bits per heavy atom. The van der Waals surface area contributed by atoms with Crippen molar-refractivity contribution in [3.8, 4) is 0 Å². The van der Waals surface area contributed by atoms with E-state index in [2.05, 4.69) is 32.2 Å². The molecule has 1 atom stereocenters. The fraction of sp³-hybridized carbons (Fsp3) is 0.500. The van der Waals surface area contributed by atoms with E-state index in [0.717, 1.165) is 0 Å². The van der Waals surface area contributed by atoms with E-state index in [4.69, 9.17) is 0 Å². The molecule has 0 aromatic heterocycles. The van der Waals surface area contributed by atoms with Crippen LogP contribution in [0, 0.1) is 0 Å². The summed E-state index contributed by atoms with van der Waals surface area (Å²) in [5, 5.41) is 0. The van der Waals surface area contributed by atoms with Crippen LogP contribution in [0.2, 0.25) is 0 Å². The zero-order chi connectivity index (χ0) is 6.69. The lowest BCUT2D eigenvalue weighted by Crippen LogP contribution is -3.04. The van der Waals surface area contributed by atoms with Crippen molar-refractivity contribution in [2.75, 3.05) is 6.54 Å². The fourth-order valence-electron chi connectivity index (χ4n) is 1.10. The molecule has 1 N–H and O–H groups in total. The fourth-order valence-corrected chi connectivity index (χ4v) is 1.10. The Morgan fingerprint density at radius 2 is 2.20 bits per heavy atom. The minimum atomic E-state index is 0. The van der Waals surface area contributed by atoms with Gasteiger partial charge in [0, 0.05) is 6.92 Å². The Bertz CT molecular complexity index is 149. The van der Waals surface area contributed by atoms with Crippen LogP contribution in [0.5, 0.6) is 0 Å². The van der Waals surface area contributed by atoms with Gasteiger partial charge >= 0.3 is 0 Å². The number of halogens is 1. The SMILES string of the molecule is CCC[NH+]1C=CC=C1C.[Cl-]. The third kappa shape index (κ3) is 2.16. The van der Waals surface area contributed by atoms with Gasteiger partial charge in [0.25, 0.3) is 0 Å². The lowest BCUT2D eigenvalue weighted by Gasteiger charge is -2.08. The smallest absolute Gasteiger partial charge is 0.109 e. The van der Waals surface area contributed by atoms with Crippen LogP contribution in [0.25, 0.3) is 0 Å². The van der Waals surface area contributed by atoms with Gasteiger partial charge < -0.3 is 12.4 Å². The molecule has 0 aromatic rings. The largest absolute Gasteiger partial charge is 1.00 e. The molecule has 0 bridgehead atoms. The summed E-state index contributed by atoms with van der Waals surface area (Å²) in [7, 11) is 0. The van der Waals surface area contributed by atoms with E-state index >= 15 is 0 Å². The average Bonchev–Trinajstić information content (AvgIpc) is 2.18. The number of hydrogen-bond acceptors (Lipinski definition) is 0. The topological polar surface area (TPSA) is 4.44 Å². The van der Waals surface area contributed by atoms with E-state index in [-0.39, 0.29) is 12.4 Å². The number of hydrogen-bond donors (Lipinski definition) is 1. The standard InChI is InChI=1S/C8H13N.ClH/c1-3-6-9-7-4-5-8(9)2;/h4-5,7H,3,6H2,1-2H3;1H. The maximum Gasteiger partial charge on any atom is 0.109 e. The molecule has 0 saturated carbocycles. The molecule has 1 heterocycles. The summed E-state index contributed by atoms with van der Waals surface area (Å²) in [6.45, 7) is 5.62. The Morgan fingerprint density at radius 1 is 1.50 bits per heavy atom. The van der Waals surface area contributed by atoms with Crippen molar-refractivity contribution < 1.29 is 17.3 Å². The normalized spacial score (nSPS) is 22.2. The van der Waals surface area contributed by atoms with Gasteiger partial charge in [0.05, 0.1) is 12.7 Å². The highest BCUT2D eigenvalue weighted by Gasteiger charge is 2.08. The summed E-state index contributed by atoms with van der Waals surface area (Å²) in [5.41, 5.74) is 1.44. The van der Waals surface area contributed by atoms with E-state index in [1.54, 1.807) is 0 Å². The summed E-state index contributed by atoms with van der Waals surface area (Å²) in [6, 6.07) is 0. The van der Waals surface area contributed by atoms with Crippen LogP contribution in [-0.4, -0.2) is 6.54 Å². The molecule has 0 radical (unpaired) electrons. The Hall–Kier alpha value is -0.270. The first-order chi connectivity index (χ1) is 4.34. The highest BCUT2D eigenvalue weighted by molar-refractivity contribution is 5.08. The number of nitrogens with one attached hydrogen (secondary N) is 1. The first-order valence-corrected chi connectivity index (χ1v) is 3.55. The van der Waals surface area contributed by atoms with Gasteiger partial charge in [-0.1, -0.05) is 6.92 Å². The van der Waals surface area contributed by atoms with Crippen molar-refractivity contribution in [3.63, 3.8) is 0 Å². The monoisotopic (exact) mass is 159 g/mol. The third-order valence-corrected chi connectivity index (χ3v) is 1.67. The average molecular weight is 160 g/mol. The van der Waals surface area contributed by atoms with Crippen LogP contribution in [0.1, 0.15) is 20.3 Å². The zero-order valence-electron chi connectivity index (χ0n) is 6.52. The molecule has 1 aliphatic heterocycles. The van der Waals surface area contributed by atoms with Crippen LogP contribution < -0.4 is 17.3 Å². The Labute approximate surface area is 68.8 Å². The van der Waals surface area contributed by atoms with Crippen molar-refractivity contribution in [1.82, 2.24) is 0 Å². The molecule has 1 nitrogen and oxygen atoms in total. The van der Waals surface area contributed by atoms with Crippen LogP contribution in [-0.2, 0) is 0 Å². The van der Waals surface area contributed by atoms with Gasteiger partial charge in [0.15, 0.2) is 0 Å². The quantitative estimate of drug-likeness (QED) is 0.463. The summed E-state index contributed by atoms with van der Waals surface area (Å²) in [4.78, 5) is 1.51. The molecule has 1 aliphatic rings. The first-order valence-electron chi connectivity index (χ1n) is 3.55. The number of rotatable bonds is 2. The maximum atomic E-state index is 2.21. The predicted octanol–water partition coefficient (Wildman–Crippen LogP) is -2.28. The van der Waals surface area contributed by atoms with Crippen LogP contribution in [0.3, 0.4) is 0 Å². The molecule has 1 unspecified atom stereocenters. The molecule has 0 saturated heterocycles. The van der Waals surface area contributed by atoms with Crippen LogP contribution in [0.15, 0.2) is 24.0 Å². The molecule has 0 aliphatic carbocycles. The third-order valence-electron chi connectivity index (χ3n) is 1.67. The molecule has 0 spiro atoms. The van der Waals surface area contributed by atoms with Gasteiger partial charge in [0.1, 0.15) is 5.70 Å². The lowest BCUT2D eigenvalue weighted by atomic mass is 10.4. The van der Waals surface area contributed by atoms with Crippen molar-refractivity contribution in [1.29, 1.82) is 0 Å². The highest BCUT2D eigenvalue weighted by Crippen LogP contribution is 1.88. The van der Waals surface area contributed by atoms with Crippen molar-refractivity contribution >= 4 is 0 Å². The van der Waals surface area contributed by atoms with Crippen LogP contribution in [0.4, 0.5) is 0 Å². The predicted molar refractivity (Wildman–Crippen MR) is 39.0 cm³/mol. The molecule has 2 heteroatoms. The van der Waals surface area contributed by atoms with E-state index in [1.807, 2.05) is 0 Å². The number of allylic oxidation sites excluding steroid dienone is 3. The second-order valence-corrected chi connectivity index (χ2v) is 2.48. The molecule has 10 heavy (non-hydrogen) atoms. The molecule has 0 aromatic carbocycles. The summed E-state index contributed by atoms with van der Waals surface area (Å²) in [6.07, 6.45) is 7.76. The molecule has 0 fully saturated rings. The van der Waals surface area contributed by atoms with Crippen molar-refractivity contribution in [3.05, 3.63) is 24.0 Å². The molecule has 0 amide bonds. The van der Waals surface area contributed by atoms with E-state index < -0.39 is 0 Å². The molecule has 1 rings (SSSR count). The van der Waals surface area contributed by atoms with E-state index in [0.29, 0.717) is 0 Å². The molecule has 58 valence electrons. The van der Waals surface area contributed by atoms with Gasteiger partial charge in [-0.15, -0.1) is 0 Å². The molecular weight excluding hydrogens is 146 g/mol. The van der Waals surface area contributed by atoms with Gasteiger partial charge in [0.2, 0.25) is 0 Å². The summed E-state index contributed by atoms with van der Waals surface area (Å²) >= 11 is 0. The minimum absolute atomic E-state index is 0. The Kier molecular flexibility index (Phi) is 4.41. The highest BCUT2D eigenvalue weighted by atomic mass is 35.5. The van der Waals surface area contributed by atoms with E-state index in [1.165, 1.54) is 23.6 Å². The second kappa shape index (κ2) is 4.53. The maximum absolute atomic E-state index is 2.21. The lowest BCUT2D eigenvalue weighted by molar-refractivity contribution is -0.802. The first kappa shape index (κ1) is 9.73. The second-order valence-electron chi connectivity index (χ2n) is 2.48. The minimum Gasteiger partial charge on any atom is -1.00 e.